The molecule has 1 atom stereocenters. The van der Waals surface area contributed by atoms with Gasteiger partial charge in [0, 0.05) is 42.6 Å². The Morgan fingerprint density at radius 1 is 0.962 bits per heavy atom. The van der Waals surface area contributed by atoms with Crippen molar-refractivity contribution >= 4 is 63.7 Å². The van der Waals surface area contributed by atoms with Crippen molar-refractivity contribution < 1.29 is 33.4 Å². The second-order valence-electron chi connectivity index (χ2n) is 13.2. The minimum Gasteiger partial charge on any atom is -0.497 e. The maximum Gasteiger partial charge on any atom is 0.277 e. The van der Waals surface area contributed by atoms with Gasteiger partial charge in [-0.25, -0.2) is 4.99 Å². The molecule has 2 aliphatic rings. The fourth-order valence-corrected chi connectivity index (χ4v) is 5.93. The molecule has 0 aromatic heterocycles. The van der Waals surface area contributed by atoms with E-state index < -0.39 is 35.6 Å². The standard InChI is InChI=1S/C37H42N8O7/c1-20(41-27-19-24(51-5)10-12-29(27)52-6)32(44-38)34(48)42-23-17-21(37(2,3)4)16-22(18-23)39-14-15-40-26-9-7-8-25-31(26)36(50)45(35(25)49)28-11-13-30(46)43-33(28)47/h7-10,12,16-19,28,39-40H,11,13-15,38H2,1-6H3,(H,42,48)(H,43,46,47). The van der Waals surface area contributed by atoms with E-state index >= 15 is 0 Å². The number of anilines is 3. The van der Waals surface area contributed by atoms with Gasteiger partial charge in [-0.1, -0.05) is 26.8 Å². The van der Waals surface area contributed by atoms with Crippen molar-refractivity contribution in [1.82, 2.24) is 10.2 Å². The van der Waals surface area contributed by atoms with Gasteiger partial charge in [0.15, 0.2) is 5.71 Å². The topological polar surface area (TPSA) is 206 Å². The average molecular weight is 711 g/mol. The molecule has 0 aliphatic carbocycles. The summed E-state index contributed by atoms with van der Waals surface area (Å²) in [6.45, 7) is 8.52. The van der Waals surface area contributed by atoms with E-state index in [-0.39, 0.29) is 40.8 Å². The van der Waals surface area contributed by atoms with Crippen LogP contribution in [0.4, 0.5) is 22.7 Å². The first-order valence-corrected chi connectivity index (χ1v) is 16.6. The molecule has 15 heteroatoms. The largest absolute Gasteiger partial charge is 0.497 e. The number of piperidine rings is 1. The molecule has 15 nitrogen and oxygen atoms in total. The summed E-state index contributed by atoms with van der Waals surface area (Å²) in [5.41, 5.74) is 3.32. The summed E-state index contributed by atoms with van der Waals surface area (Å²) in [5.74, 6) is 3.88. The van der Waals surface area contributed by atoms with E-state index in [9.17, 15) is 24.0 Å². The zero-order valence-corrected chi connectivity index (χ0v) is 29.9. The highest BCUT2D eigenvalue weighted by atomic mass is 16.5. The van der Waals surface area contributed by atoms with Crippen molar-refractivity contribution in [2.24, 2.45) is 15.9 Å². The molecular weight excluding hydrogens is 668 g/mol. The number of benzene rings is 3. The fourth-order valence-electron chi connectivity index (χ4n) is 5.93. The van der Waals surface area contributed by atoms with Crippen LogP contribution >= 0.6 is 0 Å². The maximum absolute atomic E-state index is 13.5. The number of carbonyl (C=O) groups excluding carboxylic acids is 5. The second-order valence-corrected chi connectivity index (χ2v) is 13.2. The molecule has 0 radical (unpaired) electrons. The third-order valence-corrected chi connectivity index (χ3v) is 8.66. The number of fused-ring (bicyclic) bond motifs is 1. The van der Waals surface area contributed by atoms with Gasteiger partial charge in [0.1, 0.15) is 23.2 Å². The smallest absolute Gasteiger partial charge is 0.277 e. The molecular formula is C37H42N8O7. The zero-order valence-electron chi connectivity index (χ0n) is 29.9. The summed E-state index contributed by atoms with van der Waals surface area (Å²) in [5, 5.41) is 15.4. The first kappa shape index (κ1) is 37.0. The first-order valence-electron chi connectivity index (χ1n) is 16.6. The second kappa shape index (κ2) is 15.3. The number of hydrogen-bond donors (Lipinski definition) is 5. The number of imide groups is 2. The van der Waals surface area contributed by atoms with E-state index in [4.69, 9.17) is 15.3 Å². The summed E-state index contributed by atoms with van der Waals surface area (Å²) in [6.07, 6.45) is 0.114. The van der Waals surface area contributed by atoms with Crippen molar-refractivity contribution in [2.45, 2.75) is 52.0 Å². The molecule has 0 saturated carbocycles. The van der Waals surface area contributed by atoms with E-state index in [1.807, 2.05) is 12.1 Å². The Hall–Kier alpha value is -6.25. The van der Waals surface area contributed by atoms with E-state index in [0.717, 1.165) is 16.2 Å². The number of nitrogens with zero attached hydrogens (tertiary/aromatic N) is 3. The summed E-state index contributed by atoms with van der Waals surface area (Å²) in [7, 11) is 3.05. The number of nitrogens with two attached hydrogens (primary N) is 1. The third-order valence-electron chi connectivity index (χ3n) is 8.66. The molecule has 1 unspecified atom stereocenters. The van der Waals surface area contributed by atoms with Crippen LogP contribution in [0.3, 0.4) is 0 Å². The van der Waals surface area contributed by atoms with Crippen LogP contribution < -0.4 is 36.6 Å². The molecule has 1 saturated heterocycles. The molecule has 6 N–H and O–H groups in total. The summed E-state index contributed by atoms with van der Waals surface area (Å²) >= 11 is 0. The van der Waals surface area contributed by atoms with Crippen LogP contribution in [0.5, 0.6) is 11.5 Å². The number of aliphatic imine (C=N–C) groups is 1. The minimum absolute atomic E-state index is 0.0397. The summed E-state index contributed by atoms with van der Waals surface area (Å²) in [6, 6.07) is 14.6. The molecule has 5 amide bonds. The highest BCUT2D eigenvalue weighted by Gasteiger charge is 2.45. The molecule has 3 aromatic rings. The molecule has 2 aliphatic heterocycles. The lowest BCUT2D eigenvalue weighted by molar-refractivity contribution is -0.136. The Morgan fingerprint density at radius 2 is 1.69 bits per heavy atom. The van der Waals surface area contributed by atoms with Gasteiger partial charge in [-0.2, -0.15) is 5.10 Å². The quantitative estimate of drug-likeness (QED) is 0.0601. The monoisotopic (exact) mass is 710 g/mol. The van der Waals surface area contributed by atoms with Crippen LogP contribution in [0.1, 0.15) is 66.8 Å². The number of hydrazone groups is 1. The molecule has 0 bridgehead atoms. The van der Waals surface area contributed by atoms with Crippen molar-refractivity contribution in [1.29, 1.82) is 0 Å². The maximum atomic E-state index is 13.5. The van der Waals surface area contributed by atoms with Crippen LogP contribution in [0.25, 0.3) is 0 Å². The Bertz CT molecular complexity index is 2000. The highest BCUT2D eigenvalue weighted by molar-refractivity contribution is 6.68. The van der Waals surface area contributed by atoms with Crippen LogP contribution in [0.15, 0.2) is 64.7 Å². The Morgan fingerprint density at radius 3 is 2.37 bits per heavy atom. The van der Waals surface area contributed by atoms with Crippen molar-refractivity contribution in [2.75, 3.05) is 43.3 Å². The van der Waals surface area contributed by atoms with Gasteiger partial charge < -0.3 is 31.3 Å². The SMILES string of the molecule is COc1ccc(OC)c(N=C(C)C(=NN)C(=O)Nc2cc(NCCNc3cccc4c3C(=O)N(C3CCC(=O)NC3=O)C4=O)cc(C(C)(C)C)c2)c1. The lowest BCUT2D eigenvalue weighted by Crippen LogP contribution is -2.54. The van der Waals surface area contributed by atoms with Crippen molar-refractivity contribution in [3.63, 3.8) is 0 Å². The van der Waals surface area contributed by atoms with Crippen molar-refractivity contribution in [3.05, 3.63) is 71.3 Å². The Kier molecular flexibility index (Phi) is 10.9. The third kappa shape index (κ3) is 7.88. The number of nitrogens with one attached hydrogen (secondary N) is 4. The molecule has 3 aromatic carbocycles. The first-order chi connectivity index (χ1) is 24.7. The molecule has 0 spiro atoms. The Labute approximate surface area is 301 Å². The summed E-state index contributed by atoms with van der Waals surface area (Å²) < 4.78 is 10.7. The van der Waals surface area contributed by atoms with E-state index in [2.05, 4.69) is 52.1 Å². The predicted molar refractivity (Wildman–Crippen MR) is 198 cm³/mol. The predicted octanol–water partition coefficient (Wildman–Crippen LogP) is 3.97. The van der Waals surface area contributed by atoms with Gasteiger partial charge in [-0.05, 0) is 66.8 Å². The number of methoxy groups -OCH3 is 2. The number of amides is 5. The fraction of sp³-hybridized carbons (Fsp3) is 0.324. The summed E-state index contributed by atoms with van der Waals surface area (Å²) in [4.78, 5) is 69.7. The minimum atomic E-state index is -1.05. The lowest BCUT2D eigenvalue weighted by atomic mass is 9.86. The average Bonchev–Trinajstić information content (AvgIpc) is 3.35. The van der Waals surface area contributed by atoms with Gasteiger partial charge in [0.2, 0.25) is 11.8 Å². The van der Waals surface area contributed by atoms with Gasteiger partial charge in [-0.15, -0.1) is 0 Å². The van der Waals surface area contributed by atoms with E-state index in [1.54, 1.807) is 49.4 Å². The number of rotatable bonds is 12. The zero-order chi connectivity index (χ0) is 37.7. The molecule has 1 fully saturated rings. The van der Waals surface area contributed by atoms with Crippen LogP contribution in [-0.2, 0) is 19.8 Å². The molecule has 5 rings (SSSR count). The lowest BCUT2D eigenvalue weighted by Gasteiger charge is -2.27. The normalized spacial score (nSPS) is 16.3. The number of carbonyl (C=O) groups is 5. The highest BCUT2D eigenvalue weighted by Crippen LogP contribution is 2.34. The van der Waals surface area contributed by atoms with Crippen molar-refractivity contribution in [3.8, 4) is 11.5 Å². The van der Waals surface area contributed by atoms with Gasteiger partial charge >= 0.3 is 0 Å². The number of ether oxygens (including phenoxy) is 2. The van der Waals surface area contributed by atoms with Gasteiger partial charge in [0.05, 0.1) is 31.1 Å². The van der Waals surface area contributed by atoms with E-state index in [0.29, 0.717) is 41.7 Å². The van der Waals surface area contributed by atoms with Crippen LogP contribution in [-0.4, -0.2) is 79.2 Å². The molecule has 52 heavy (non-hydrogen) atoms. The van der Waals surface area contributed by atoms with E-state index in [1.165, 1.54) is 14.2 Å². The van der Waals surface area contributed by atoms with Gasteiger partial charge in [0.25, 0.3) is 17.7 Å². The molecule has 272 valence electrons. The van der Waals surface area contributed by atoms with Gasteiger partial charge in [-0.3, -0.25) is 34.2 Å². The number of hydrogen-bond acceptors (Lipinski definition) is 12. The molecule has 2 heterocycles. The Balaban J connectivity index is 1.28. The van der Waals surface area contributed by atoms with Crippen LogP contribution in [0.2, 0.25) is 0 Å². The van der Waals surface area contributed by atoms with Crippen LogP contribution in [0, 0.1) is 0 Å².